The highest BCUT2D eigenvalue weighted by Crippen LogP contribution is 2.35. The molecule has 2 saturated heterocycles. The van der Waals surface area contributed by atoms with Gasteiger partial charge in [-0.15, -0.1) is 0 Å². The molecular weight excluding hydrogens is 498 g/mol. The fourth-order valence-electron chi connectivity index (χ4n) is 4.37. The van der Waals surface area contributed by atoms with Crippen LogP contribution in [0.5, 0.6) is 11.5 Å². The van der Waals surface area contributed by atoms with Crippen LogP contribution < -0.4 is 19.7 Å². The average Bonchev–Trinajstić information content (AvgIpc) is 3.27. The van der Waals surface area contributed by atoms with Crippen molar-refractivity contribution in [1.82, 2.24) is 4.31 Å². The maximum Gasteiger partial charge on any atom is 0.243 e. The van der Waals surface area contributed by atoms with E-state index in [2.05, 4.69) is 5.32 Å². The monoisotopic (exact) mass is 531 g/mol. The van der Waals surface area contributed by atoms with Gasteiger partial charge < -0.3 is 24.4 Å². The van der Waals surface area contributed by atoms with Gasteiger partial charge in [-0.2, -0.15) is 4.31 Å². The van der Waals surface area contributed by atoms with Crippen LogP contribution in [0.4, 0.5) is 11.4 Å². The maximum absolute atomic E-state index is 13.3. The Labute approximate surface area is 217 Å². The second-order valence-electron chi connectivity index (χ2n) is 9.14. The third kappa shape index (κ3) is 6.06. The van der Waals surface area contributed by atoms with Gasteiger partial charge in [0.15, 0.2) is 0 Å². The number of hydrogen-bond acceptors (Lipinski definition) is 7. The molecule has 4 rings (SSSR count). The number of nitrogens with one attached hydrogen (secondary N) is 1. The van der Waals surface area contributed by atoms with Crippen molar-refractivity contribution in [1.29, 1.82) is 0 Å². The summed E-state index contributed by atoms with van der Waals surface area (Å²) in [5.74, 6) is -0.275. The van der Waals surface area contributed by atoms with Crippen LogP contribution in [-0.2, 0) is 24.3 Å². The van der Waals surface area contributed by atoms with Crippen molar-refractivity contribution < 1.29 is 32.2 Å². The topological polar surface area (TPSA) is 114 Å². The summed E-state index contributed by atoms with van der Waals surface area (Å²) in [6.07, 6.45) is -0.172. The van der Waals surface area contributed by atoms with Crippen LogP contribution in [0.3, 0.4) is 0 Å². The van der Waals surface area contributed by atoms with Crippen LogP contribution in [0.2, 0.25) is 0 Å². The molecule has 2 aromatic carbocycles. The van der Waals surface area contributed by atoms with Crippen molar-refractivity contribution in [3.8, 4) is 11.5 Å². The fourth-order valence-corrected chi connectivity index (χ4v) is 5.80. The van der Waals surface area contributed by atoms with Crippen molar-refractivity contribution in [3.63, 3.8) is 0 Å². The predicted octanol–water partition coefficient (Wildman–Crippen LogP) is 2.89. The Balaban J connectivity index is 1.56. The van der Waals surface area contributed by atoms with Crippen molar-refractivity contribution in [3.05, 3.63) is 42.5 Å². The number of nitrogens with zero attached hydrogens (tertiary/aromatic N) is 2. The number of carbonyl (C=O) groups is 2. The Bertz CT molecular complexity index is 1240. The molecule has 1 N–H and O–H groups in total. The first kappa shape index (κ1) is 26.9. The minimum atomic E-state index is -3.78. The zero-order valence-corrected chi connectivity index (χ0v) is 22.1. The minimum Gasteiger partial charge on any atom is -0.492 e. The summed E-state index contributed by atoms with van der Waals surface area (Å²) in [6.45, 7) is 7.36. The Morgan fingerprint density at radius 1 is 1.14 bits per heavy atom. The van der Waals surface area contributed by atoms with Gasteiger partial charge in [0.1, 0.15) is 11.5 Å². The lowest BCUT2D eigenvalue weighted by Crippen LogP contribution is -2.40. The summed E-state index contributed by atoms with van der Waals surface area (Å²) in [7, 11) is -3.78. The largest absolute Gasteiger partial charge is 0.492 e. The number of morpholine rings is 1. The van der Waals surface area contributed by atoms with Crippen LogP contribution in [-0.4, -0.2) is 70.1 Å². The molecule has 0 bridgehead atoms. The first-order valence-corrected chi connectivity index (χ1v) is 13.9. The van der Waals surface area contributed by atoms with E-state index in [0.717, 1.165) is 0 Å². The molecule has 2 heterocycles. The number of hydrogen-bond donors (Lipinski definition) is 1. The van der Waals surface area contributed by atoms with Gasteiger partial charge in [0.25, 0.3) is 0 Å². The highest BCUT2D eigenvalue weighted by molar-refractivity contribution is 7.89. The van der Waals surface area contributed by atoms with Crippen molar-refractivity contribution >= 4 is 33.2 Å². The summed E-state index contributed by atoms with van der Waals surface area (Å²) < 4.78 is 44.5. The fraction of sp³-hybridized carbons (Fsp3) is 0.462. The van der Waals surface area contributed by atoms with E-state index in [0.29, 0.717) is 37.0 Å². The van der Waals surface area contributed by atoms with Gasteiger partial charge >= 0.3 is 0 Å². The number of ether oxygens (including phenoxy) is 3. The third-order valence-corrected chi connectivity index (χ3v) is 8.03. The van der Waals surface area contributed by atoms with Crippen LogP contribution in [0.25, 0.3) is 0 Å². The molecule has 2 fully saturated rings. The molecule has 2 amide bonds. The molecule has 2 aromatic rings. The molecule has 11 heteroatoms. The first-order valence-electron chi connectivity index (χ1n) is 12.4. The third-order valence-electron chi connectivity index (χ3n) is 6.13. The lowest BCUT2D eigenvalue weighted by Gasteiger charge is -2.26. The lowest BCUT2D eigenvalue weighted by atomic mass is 10.1. The van der Waals surface area contributed by atoms with Gasteiger partial charge in [-0.05, 0) is 51.1 Å². The van der Waals surface area contributed by atoms with E-state index in [4.69, 9.17) is 14.2 Å². The molecule has 37 heavy (non-hydrogen) atoms. The van der Waals surface area contributed by atoms with E-state index in [9.17, 15) is 18.0 Å². The van der Waals surface area contributed by atoms with Gasteiger partial charge in [-0.25, -0.2) is 8.42 Å². The van der Waals surface area contributed by atoms with E-state index in [1.165, 1.54) is 16.4 Å². The second-order valence-corrected chi connectivity index (χ2v) is 11.1. The normalized spacial score (nSPS) is 18.8. The highest BCUT2D eigenvalue weighted by atomic mass is 32.2. The van der Waals surface area contributed by atoms with E-state index >= 15 is 0 Å². The second kappa shape index (κ2) is 11.5. The molecule has 10 nitrogen and oxygen atoms in total. The summed E-state index contributed by atoms with van der Waals surface area (Å²) >= 11 is 0. The Morgan fingerprint density at radius 3 is 2.57 bits per heavy atom. The van der Waals surface area contributed by atoms with Gasteiger partial charge in [-0.3, -0.25) is 9.59 Å². The highest BCUT2D eigenvalue weighted by Gasteiger charge is 2.37. The smallest absolute Gasteiger partial charge is 0.243 e. The number of benzene rings is 2. The standard InChI is InChI=1S/C26H33N3O7S/c1-4-35-24-8-6-5-7-22(24)29-17-19(15-25(29)30)26(31)27-21-16-20(9-10-23(21)36-18(2)3)37(32,33)28-11-13-34-14-12-28/h5-10,16,18-19H,4,11-15,17H2,1-3H3,(H,27,31)/t19-/m1/s1. The molecule has 0 saturated carbocycles. The van der Waals surface area contributed by atoms with Crippen molar-refractivity contribution in [2.45, 2.75) is 38.2 Å². The Hall–Kier alpha value is -3.15. The van der Waals surface area contributed by atoms with Crippen LogP contribution in [0.15, 0.2) is 47.4 Å². The summed E-state index contributed by atoms with van der Waals surface area (Å²) in [5, 5.41) is 2.82. The molecule has 0 unspecified atom stereocenters. The van der Waals surface area contributed by atoms with Gasteiger partial charge in [0, 0.05) is 26.1 Å². The van der Waals surface area contributed by atoms with E-state index in [-0.39, 0.29) is 54.6 Å². The average molecular weight is 532 g/mol. The number of rotatable bonds is 9. The summed E-state index contributed by atoms with van der Waals surface area (Å²) in [5.41, 5.74) is 0.862. The quantitative estimate of drug-likeness (QED) is 0.529. The number of carbonyl (C=O) groups excluding carboxylic acids is 2. The van der Waals surface area contributed by atoms with Crippen molar-refractivity contribution in [2.75, 3.05) is 49.7 Å². The van der Waals surface area contributed by atoms with Crippen molar-refractivity contribution in [2.24, 2.45) is 5.92 Å². The molecule has 1 atom stereocenters. The molecule has 0 spiro atoms. The lowest BCUT2D eigenvalue weighted by molar-refractivity contribution is -0.122. The molecular formula is C26H33N3O7S. The zero-order valence-electron chi connectivity index (χ0n) is 21.3. The minimum absolute atomic E-state index is 0.0262. The summed E-state index contributed by atoms with van der Waals surface area (Å²) in [6, 6.07) is 11.7. The number of sulfonamides is 1. The van der Waals surface area contributed by atoms with Gasteiger partial charge in [-0.1, -0.05) is 12.1 Å². The number of para-hydroxylation sites is 2. The molecule has 0 aliphatic carbocycles. The van der Waals surface area contributed by atoms with Crippen LogP contribution in [0.1, 0.15) is 27.2 Å². The molecule has 0 aromatic heterocycles. The molecule has 2 aliphatic rings. The zero-order chi connectivity index (χ0) is 26.6. The van der Waals surface area contributed by atoms with Crippen LogP contribution in [0, 0.1) is 5.92 Å². The number of amides is 2. The van der Waals surface area contributed by atoms with Crippen LogP contribution >= 0.6 is 0 Å². The molecule has 0 radical (unpaired) electrons. The maximum atomic E-state index is 13.3. The Morgan fingerprint density at radius 2 is 1.86 bits per heavy atom. The summed E-state index contributed by atoms with van der Waals surface area (Å²) in [4.78, 5) is 27.7. The van der Waals surface area contributed by atoms with E-state index < -0.39 is 15.9 Å². The van der Waals surface area contributed by atoms with E-state index in [1.807, 2.05) is 32.9 Å². The molecule has 2 aliphatic heterocycles. The number of anilines is 2. The van der Waals surface area contributed by atoms with Gasteiger partial charge in [0.2, 0.25) is 21.8 Å². The Kier molecular flexibility index (Phi) is 8.35. The first-order chi connectivity index (χ1) is 17.7. The SMILES string of the molecule is CCOc1ccccc1N1C[C@H](C(=O)Nc2cc(S(=O)(=O)N3CCOCC3)ccc2OC(C)C)CC1=O. The molecule has 200 valence electrons. The van der Waals surface area contributed by atoms with E-state index in [1.54, 1.807) is 23.1 Å². The van der Waals surface area contributed by atoms with Gasteiger partial charge in [0.05, 0.1) is 48.1 Å². The predicted molar refractivity (Wildman–Crippen MR) is 138 cm³/mol.